The van der Waals surface area contributed by atoms with Gasteiger partial charge in [0.2, 0.25) is 0 Å². The van der Waals surface area contributed by atoms with Crippen molar-refractivity contribution in [2.75, 3.05) is 0 Å². The average Bonchev–Trinajstić information content (AvgIpc) is 2.46. The van der Waals surface area contributed by atoms with Crippen molar-refractivity contribution >= 4 is 17.5 Å². The van der Waals surface area contributed by atoms with Crippen molar-refractivity contribution in [3.8, 4) is 0 Å². The summed E-state index contributed by atoms with van der Waals surface area (Å²) in [5, 5.41) is 3.42. The molecule has 0 aliphatic carbocycles. The molecule has 3 nitrogen and oxygen atoms in total. The summed E-state index contributed by atoms with van der Waals surface area (Å²) in [6, 6.07) is 13.4. The first-order valence-corrected chi connectivity index (χ1v) is 7.48. The predicted octanol–water partition coefficient (Wildman–Crippen LogP) is 4.31. The van der Waals surface area contributed by atoms with Crippen molar-refractivity contribution in [3.05, 3.63) is 64.4 Å². The molecule has 0 radical (unpaired) electrons. The van der Waals surface area contributed by atoms with Gasteiger partial charge in [-0.25, -0.2) is 4.98 Å². The summed E-state index contributed by atoms with van der Waals surface area (Å²) < 4.78 is 0. The molecule has 2 rings (SSSR count). The van der Waals surface area contributed by atoms with Gasteiger partial charge in [-0.05, 0) is 31.0 Å². The van der Waals surface area contributed by atoms with Crippen LogP contribution in [0.4, 0.5) is 0 Å². The molecule has 0 spiro atoms. The highest BCUT2D eigenvalue weighted by Crippen LogP contribution is 2.19. The van der Waals surface area contributed by atoms with Crippen LogP contribution < -0.4 is 5.32 Å². The first-order valence-electron chi connectivity index (χ1n) is 7.10. The van der Waals surface area contributed by atoms with Gasteiger partial charge in [-0.15, -0.1) is 0 Å². The summed E-state index contributed by atoms with van der Waals surface area (Å²) >= 11 is 5.92. The van der Waals surface area contributed by atoms with Gasteiger partial charge in [0.15, 0.2) is 0 Å². The van der Waals surface area contributed by atoms with Crippen LogP contribution in [0.2, 0.25) is 5.15 Å². The van der Waals surface area contributed by atoms with E-state index in [0.29, 0.717) is 10.7 Å². The normalized spacial score (nSPS) is 12.0. The molecule has 0 saturated heterocycles. The minimum absolute atomic E-state index is 0.0101. The molecule has 0 bridgehead atoms. The molecule has 1 aromatic heterocycles. The van der Waals surface area contributed by atoms with Crippen LogP contribution in [0, 0.1) is 6.92 Å². The van der Waals surface area contributed by atoms with Gasteiger partial charge >= 0.3 is 0 Å². The maximum Gasteiger partial charge on any atom is 0.251 e. The molecular weight excluding hydrogens is 284 g/mol. The zero-order chi connectivity index (χ0) is 15.2. The number of nitrogens with one attached hydrogen (secondary N) is 1. The molecule has 1 aromatic carbocycles. The molecule has 1 atom stereocenters. The van der Waals surface area contributed by atoms with Crippen LogP contribution in [0.5, 0.6) is 0 Å². The number of carbonyl (C=O) groups is 1. The largest absolute Gasteiger partial charge is 0.345 e. The lowest BCUT2D eigenvalue weighted by Gasteiger charge is -2.19. The van der Waals surface area contributed by atoms with E-state index in [1.807, 2.05) is 37.3 Å². The number of amides is 1. The number of hydrogen-bond acceptors (Lipinski definition) is 2. The second-order valence-electron chi connectivity index (χ2n) is 5.05. The Morgan fingerprint density at radius 3 is 2.62 bits per heavy atom. The molecular formula is C17H19ClN2O. The number of rotatable bonds is 5. The molecule has 2 aromatic rings. The Hall–Kier alpha value is -1.87. The van der Waals surface area contributed by atoms with E-state index in [-0.39, 0.29) is 11.9 Å². The SMILES string of the molecule is CCCC(NC(=O)c1cc(C)nc(Cl)c1)c1ccccc1. The van der Waals surface area contributed by atoms with Gasteiger partial charge in [0.25, 0.3) is 5.91 Å². The third-order valence-electron chi connectivity index (χ3n) is 3.27. The second kappa shape index (κ2) is 7.23. The molecule has 1 unspecified atom stereocenters. The number of benzene rings is 1. The first-order chi connectivity index (χ1) is 10.1. The summed E-state index contributed by atoms with van der Waals surface area (Å²) in [7, 11) is 0. The van der Waals surface area contributed by atoms with Crippen molar-refractivity contribution < 1.29 is 4.79 Å². The number of carbonyl (C=O) groups excluding carboxylic acids is 1. The third-order valence-corrected chi connectivity index (χ3v) is 3.46. The van der Waals surface area contributed by atoms with Gasteiger partial charge in [0, 0.05) is 11.3 Å². The lowest BCUT2D eigenvalue weighted by molar-refractivity contribution is 0.0934. The van der Waals surface area contributed by atoms with Crippen LogP contribution in [-0.4, -0.2) is 10.9 Å². The van der Waals surface area contributed by atoms with E-state index in [9.17, 15) is 4.79 Å². The van der Waals surface area contributed by atoms with E-state index in [1.54, 1.807) is 12.1 Å². The highest BCUT2D eigenvalue weighted by Gasteiger charge is 2.15. The molecule has 110 valence electrons. The highest BCUT2D eigenvalue weighted by molar-refractivity contribution is 6.29. The standard InChI is InChI=1S/C17H19ClN2O/c1-3-7-15(13-8-5-4-6-9-13)20-17(21)14-10-12(2)19-16(18)11-14/h4-6,8-11,15H,3,7H2,1-2H3,(H,20,21). The Balaban J connectivity index is 2.18. The van der Waals surface area contributed by atoms with Crippen molar-refractivity contribution in [1.82, 2.24) is 10.3 Å². The topological polar surface area (TPSA) is 42.0 Å². The maximum absolute atomic E-state index is 12.4. The van der Waals surface area contributed by atoms with E-state index < -0.39 is 0 Å². The van der Waals surface area contributed by atoms with Gasteiger partial charge in [-0.2, -0.15) is 0 Å². The minimum Gasteiger partial charge on any atom is -0.345 e. The van der Waals surface area contributed by atoms with Crippen LogP contribution in [0.1, 0.15) is 47.4 Å². The fraction of sp³-hybridized carbons (Fsp3) is 0.294. The number of hydrogen-bond donors (Lipinski definition) is 1. The van der Waals surface area contributed by atoms with E-state index in [0.717, 1.165) is 24.1 Å². The van der Waals surface area contributed by atoms with Crippen LogP contribution in [-0.2, 0) is 0 Å². The first kappa shape index (κ1) is 15.5. The van der Waals surface area contributed by atoms with Gasteiger partial charge in [-0.3, -0.25) is 4.79 Å². The lowest BCUT2D eigenvalue weighted by Crippen LogP contribution is -2.28. The van der Waals surface area contributed by atoms with Crippen molar-refractivity contribution in [3.63, 3.8) is 0 Å². The smallest absolute Gasteiger partial charge is 0.251 e. The van der Waals surface area contributed by atoms with Crippen LogP contribution >= 0.6 is 11.6 Å². The molecule has 0 aliphatic rings. The Kier molecular flexibility index (Phi) is 5.34. The lowest BCUT2D eigenvalue weighted by atomic mass is 10.0. The zero-order valence-corrected chi connectivity index (χ0v) is 13.0. The number of aromatic nitrogens is 1. The van der Waals surface area contributed by atoms with E-state index in [4.69, 9.17) is 11.6 Å². The highest BCUT2D eigenvalue weighted by atomic mass is 35.5. The minimum atomic E-state index is -0.121. The molecule has 1 amide bonds. The molecule has 0 fully saturated rings. The van der Waals surface area contributed by atoms with Crippen LogP contribution in [0.25, 0.3) is 0 Å². The molecule has 0 aliphatic heterocycles. The summed E-state index contributed by atoms with van der Waals surface area (Å²) in [6.45, 7) is 3.93. The zero-order valence-electron chi connectivity index (χ0n) is 12.3. The fourth-order valence-corrected chi connectivity index (χ4v) is 2.55. The Labute approximate surface area is 130 Å². The second-order valence-corrected chi connectivity index (χ2v) is 5.43. The molecule has 1 heterocycles. The Morgan fingerprint density at radius 1 is 1.29 bits per heavy atom. The number of aryl methyl sites for hydroxylation is 1. The van der Waals surface area contributed by atoms with Crippen molar-refractivity contribution in [1.29, 1.82) is 0 Å². The molecule has 0 saturated carbocycles. The Bertz CT molecular complexity index is 593. The van der Waals surface area contributed by atoms with Crippen molar-refractivity contribution in [2.45, 2.75) is 32.7 Å². The predicted molar refractivity (Wildman–Crippen MR) is 85.5 cm³/mol. The van der Waals surface area contributed by atoms with Gasteiger partial charge in [0.1, 0.15) is 5.15 Å². The van der Waals surface area contributed by atoms with Crippen LogP contribution in [0.15, 0.2) is 42.5 Å². The molecule has 21 heavy (non-hydrogen) atoms. The summed E-state index contributed by atoms with van der Waals surface area (Å²) in [5.41, 5.74) is 2.40. The molecule has 4 heteroatoms. The van der Waals surface area contributed by atoms with Gasteiger partial charge in [-0.1, -0.05) is 55.3 Å². The number of pyridine rings is 1. The third kappa shape index (κ3) is 4.30. The maximum atomic E-state index is 12.4. The Morgan fingerprint density at radius 2 is 2.00 bits per heavy atom. The van der Waals surface area contributed by atoms with Crippen molar-refractivity contribution in [2.24, 2.45) is 0 Å². The monoisotopic (exact) mass is 302 g/mol. The average molecular weight is 303 g/mol. The summed E-state index contributed by atoms with van der Waals surface area (Å²) in [6.07, 6.45) is 1.89. The quantitative estimate of drug-likeness (QED) is 0.836. The van der Waals surface area contributed by atoms with Gasteiger partial charge in [0.05, 0.1) is 6.04 Å². The van der Waals surface area contributed by atoms with Gasteiger partial charge < -0.3 is 5.32 Å². The van der Waals surface area contributed by atoms with E-state index in [1.165, 1.54) is 0 Å². The van der Waals surface area contributed by atoms with Crippen LogP contribution in [0.3, 0.4) is 0 Å². The van der Waals surface area contributed by atoms with E-state index in [2.05, 4.69) is 17.2 Å². The summed E-state index contributed by atoms with van der Waals surface area (Å²) in [4.78, 5) is 16.5. The number of nitrogens with zero attached hydrogens (tertiary/aromatic N) is 1. The van der Waals surface area contributed by atoms with E-state index >= 15 is 0 Å². The number of halogens is 1. The fourth-order valence-electron chi connectivity index (χ4n) is 2.30. The molecule has 1 N–H and O–H groups in total. The summed E-state index contributed by atoms with van der Waals surface area (Å²) in [5.74, 6) is -0.121.